The second kappa shape index (κ2) is 9.39. The zero-order valence-electron chi connectivity index (χ0n) is 11.8. The molecule has 0 radical (unpaired) electrons. The summed E-state index contributed by atoms with van der Waals surface area (Å²) >= 11 is 0. The minimum atomic E-state index is 0.102. The second-order valence-corrected chi connectivity index (χ2v) is 4.86. The van der Waals surface area contributed by atoms with Crippen LogP contribution in [0, 0.1) is 5.92 Å². The fraction of sp³-hybridized carbons (Fsp3) is 0.533. The SMILES string of the molecule is CC(C)CNC(=O)CCNCCOc1ccccc1. The van der Waals surface area contributed by atoms with Gasteiger partial charge in [0.2, 0.25) is 5.91 Å². The van der Waals surface area contributed by atoms with Crippen LogP contribution < -0.4 is 15.4 Å². The van der Waals surface area contributed by atoms with Crippen molar-refractivity contribution in [1.29, 1.82) is 0 Å². The van der Waals surface area contributed by atoms with Crippen LogP contribution >= 0.6 is 0 Å². The smallest absolute Gasteiger partial charge is 0.221 e. The van der Waals surface area contributed by atoms with Crippen LogP contribution in [-0.2, 0) is 4.79 Å². The van der Waals surface area contributed by atoms with Gasteiger partial charge in [-0.15, -0.1) is 0 Å². The topological polar surface area (TPSA) is 50.4 Å². The fourth-order valence-electron chi connectivity index (χ4n) is 1.49. The Kier molecular flexibility index (Phi) is 7.66. The average molecular weight is 264 g/mol. The monoisotopic (exact) mass is 264 g/mol. The maximum Gasteiger partial charge on any atom is 0.221 e. The highest BCUT2D eigenvalue weighted by Crippen LogP contribution is 2.07. The molecule has 1 rings (SSSR count). The van der Waals surface area contributed by atoms with E-state index in [2.05, 4.69) is 24.5 Å². The van der Waals surface area contributed by atoms with Gasteiger partial charge in [-0.25, -0.2) is 0 Å². The standard InChI is InChI=1S/C15H24N2O2/c1-13(2)12-17-15(18)8-9-16-10-11-19-14-6-4-3-5-7-14/h3-7,13,16H,8-12H2,1-2H3,(H,17,18). The molecule has 1 aromatic carbocycles. The summed E-state index contributed by atoms with van der Waals surface area (Å²) in [4.78, 5) is 11.4. The van der Waals surface area contributed by atoms with Crippen molar-refractivity contribution in [2.75, 3.05) is 26.2 Å². The van der Waals surface area contributed by atoms with E-state index in [1.165, 1.54) is 0 Å². The Morgan fingerprint density at radius 1 is 1.21 bits per heavy atom. The first-order valence-corrected chi connectivity index (χ1v) is 6.83. The number of carbonyl (C=O) groups is 1. The van der Waals surface area contributed by atoms with Crippen LogP contribution in [0.3, 0.4) is 0 Å². The van der Waals surface area contributed by atoms with Crippen molar-refractivity contribution < 1.29 is 9.53 Å². The summed E-state index contributed by atoms with van der Waals surface area (Å²) in [5, 5.41) is 6.08. The largest absolute Gasteiger partial charge is 0.492 e. The van der Waals surface area contributed by atoms with Crippen LogP contribution in [0.25, 0.3) is 0 Å². The molecule has 1 aromatic rings. The number of ether oxygens (including phenoxy) is 1. The number of amides is 1. The molecule has 0 saturated heterocycles. The second-order valence-electron chi connectivity index (χ2n) is 4.86. The quantitative estimate of drug-likeness (QED) is 0.669. The van der Waals surface area contributed by atoms with Crippen molar-refractivity contribution in [2.45, 2.75) is 20.3 Å². The molecule has 4 nitrogen and oxygen atoms in total. The lowest BCUT2D eigenvalue weighted by Crippen LogP contribution is -2.31. The summed E-state index contributed by atoms with van der Waals surface area (Å²) in [6.45, 7) is 6.95. The lowest BCUT2D eigenvalue weighted by Gasteiger charge is -2.09. The lowest BCUT2D eigenvalue weighted by molar-refractivity contribution is -0.121. The van der Waals surface area contributed by atoms with Crippen molar-refractivity contribution >= 4 is 5.91 Å². The normalized spacial score (nSPS) is 10.5. The van der Waals surface area contributed by atoms with Crippen LogP contribution in [0.2, 0.25) is 0 Å². The number of hydrogen-bond acceptors (Lipinski definition) is 3. The molecule has 0 atom stereocenters. The van der Waals surface area contributed by atoms with Crippen molar-refractivity contribution in [1.82, 2.24) is 10.6 Å². The number of benzene rings is 1. The first kappa shape index (κ1) is 15.5. The van der Waals surface area contributed by atoms with Gasteiger partial charge in [-0.2, -0.15) is 0 Å². The molecule has 0 fully saturated rings. The van der Waals surface area contributed by atoms with Gasteiger partial charge in [0.15, 0.2) is 0 Å². The predicted octanol–water partition coefficient (Wildman–Crippen LogP) is 1.82. The zero-order chi connectivity index (χ0) is 13.9. The van der Waals surface area contributed by atoms with E-state index in [4.69, 9.17) is 4.74 Å². The number of nitrogens with one attached hydrogen (secondary N) is 2. The summed E-state index contributed by atoms with van der Waals surface area (Å²) in [7, 11) is 0. The van der Waals surface area contributed by atoms with Gasteiger partial charge in [0.25, 0.3) is 0 Å². The minimum absolute atomic E-state index is 0.102. The van der Waals surface area contributed by atoms with Crippen LogP contribution in [0.15, 0.2) is 30.3 Å². The summed E-state index contributed by atoms with van der Waals surface area (Å²) in [6.07, 6.45) is 0.512. The van der Waals surface area contributed by atoms with E-state index in [0.717, 1.165) is 18.8 Å². The summed E-state index contributed by atoms with van der Waals surface area (Å²) < 4.78 is 5.53. The third-order valence-corrected chi connectivity index (χ3v) is 2.53. The summed E-state index contributed by atoms with van der Waals surface area (Å²) in [5.41, 5.74) is 0. The third-order valence-electron chi connectivity index (χ3n) is 2.53. The molecule has 0 unspecified atom stereocenters. The third kappa shape index (κ3) is 8.21. The molecule has 0 aliphatic carbocycles. The molecule has 0 aliphatic rings. The highest BCUT2D eigenvalue weighted by atomic mass is 16.5. The first-order chi connectivity index (χ1) is 9.18. The van der Waals surface area contributed by atoms with E-state index >= 15 is 0 Å². The number of rotatable bonds is 9. The Labute approximate surface area is 115 Å². The molecule has 0 spiro atoms. The summed E-state index contributed by atoms with van der Waals surface area (Å²) in [5.74, 6) is 1.47. The highest BCUT2D eigenvalue weighted by Gasteiger charge is 2.01. The number of hydrogen-bond donors (Lipinski definition) is 2. The zero-order valence-corrected chi connectivity index (χ0v) is 11.8. The fourth-order valence-corrected chi connectivity index (χ4v) is 1.49. The van der Waals surface area contributed by atoms with Gasteiger partial charge in [-0.3, -0.25) is 4.79 Å². The van der Waals surface area contributed by atoms with E-state index in [1.807, 2.05) is 30.3 Å². The van der Waals surface area contributed by atoms with E-state index in [-0.39, 0.29) is 5.91 Å². The number of para-hydroxylation sites is 1. The Balaban J connectivity index is 1.95. The van der Waals surface area contributed by atoms with Gasteiger partial charge < -0.3 is 15.4 Å². The van der Waals surface area contributed by atoms with Crippen molar-refractivity contribution in [3.8, 4) is 5.75 Å². The Hall–Kier alpha value is -1.55. The first-order valence-electron chi connectivity index (χ1n) is 6.83. The van der Waals surface area contributed by atoms with Crippen LogP contribution in [0.4, 0.5) is 0 Å². The Morgan fingerprint density at radius 2 is 1.95 bits per heavy atom. The van der Waals surface area contributed by atoms with E-state index in [9.17, 15) is 4.79 Å². The molecule has 0 saturated carbocycles. The molecule has 0 bridgehead atoms. The molecule has 19 heavy (non-hydrogen) atoms. The molecule has 0 aliphatic heterocycles. The van der Waals surface area contributed by atoms with E-state index in [1.54, 1.807) is 0 Å². The molecule has 0 heterocycles. The Morgan fingerprint density at radius 3 is 2.63 bits per heavy atom. The maximum absolute atomic E-state index is 11.4. The predicted molar refractivity (Wildman–Crippen MR) is 77.3 cm³/mol. The van der Waals surface area contributed by atoms with Gasteiger partial charge in [0, 0.05) is 26.1 Å². The lowest BCUT2D eigenvalue weighted by atomic mass is 10.2. The number of carbonyl (C=O) groups excluding carboxylic acids is 1. The van der Waals surface area contributed by atoms with Gasteiger partial charge in [-0.1, -0.05) is 32.0 Å². The van der Waals surface area contributed by atoms with Gasteiger partial charge in [-0.05, 0) is 18.1 Å². The molecular formula is C15H24N2O2. The van der Waals surface area contributed by atoms with Crippen LogP contribution in [-0.4, -0.2) is 32.1 Å². The van der Waals surface area contributed by atoms with E-state index in [0.29, 0.717) is 25.5 Å². The molecule has 106 valence electrons. The summed E-state index contributed by atoms with van der Waals surface area (Å²) in [6, 6.07) is 9.71. The van der Waals surface area contributed by atoms with Gasteiger partial charge in [0.05, 0.1) is 0 Å². The van der Waals surface area contributed by atoms with E-state index < -0.39 is 0 Å². The minimum Gasteiger partial charge on any atom is -0.492 e. The van der Waals surface area contributed by atoms with Crippen LogP contribution in [0.5, 0.6) is 5.75 Å². The molecule has 2 N–H and O–H groups in total. The van der Waals surface area contributed by atoms with Crippen LogP contribution in [0.1, 0.15) is 20.3 Å². The Bertz CT molecular complexity index is 352. The van der Waals surface area contributed by atoms with Crippen molar-refractivity contribution in [2.24, 2.45) is 5.92 Å². The highest BCUT2D eigenvalue weighted by molar-refractivity contribution is 5.76. The van der Waals surface area contributed by atoms with Gasteiger partial charge >= 0.3 is 0 Å². The molecular weight excluding hydrogens is 240 g/mol. The molecule has 1 amide bonds. The van der Waals surface area contributed by atoms with Crippen molar-refractivity contribution in [3.63, 3.8) is 0 Å². The maximum atomic E-state index is 11.4. The van der Waals surface area contributed by atoms with Crippen molar-refractivity contribution in [3.05, 3.63) is 30.3 Å². The molecule has 0 aromatic heterocycles. The van der Waals surface area contributed by atoms with Gasteiger partial charge in [0.1, 0.15) is 12.4 Å². The molecule has 4 heteroatoms. The average Bonchev–Trinajstić information content (AvgIpc) is 2.41.